The number of rotatable bonds is 5. The first-order valence-electron chi connectivity index (χ1n) is 9.20. The van der Waals surface area contributed by atoms with Crippen molar-refractivity contribution in [2.75, 3.05) is 18.0 Å². The molecule has 1 saturated heterocycles. The van der Waals surface area contributed by atoms with Gasteiger partial charge in [0.15, 0.2) is 5.65 Å². The van der Waals surface area contributed by atoms with Crippen LogP contribution in [0.3, 0.4) is 0 Å². The maximum absolute atomic E-state index is 12.5. The first-order valence-corrected chi connectivity index (χ1v) is 9.20. The minimum absolute atomic E-state index is 0.0446. The molecule has 8 heteroatoms. The fraction of sp³-hybridized carbons (Fsp3) is 0.368. The molecule has 1 aliphatic heterocycles. The van der Waals surface area contributed by atoms with Crippen molar-refractivity contribution in [3.63, 3.8) is 0 Å². The van der Waals surface area contributed by atoms with E-state index in [-0.39, 0.29) is 11.8 Å². The van der Waals surface area contributed by atoms with Crippen LogP contribution in [-0.4, -0.2) is 38.8 Å². The highest BCUT2D eigenvalue weighted by atomic mass is 16.1. The van der Waals surface area contributed by atoms with Crippen LogP contribution in [0.4, 0.5) is 5.82 Å². The molecule has 0 atom stereocenters. The molecule has 4 rings (SSSR count). The third-order valence-corrected chi connectivity index (χ3v) is 5.06. The summed E-state index contributed by atoms with van der Waals surface area (Å²) in [6.45, 7) is 2.70. The Labute approximate surface area is 157 Å². The predicted octanol–water partition coefficient (Wildman–Crippen LogP) is 1.12. The second kappa shape index (κ2) is 7.71. The zero-order chi connectivity index (χ0) is 18.6. The number of fused-ring (bicyclic) bond motifs is 1. The smallest absolute Gasteiger partial charge is 0.223 e. The van der Waals surface area contributed by atoms with Gasteiger partial charge in [-0.3, -0.25) is 4.79 Å². The number of amides is 1. The maximum atomic E-state index is 12.5. The Bertz CT molecular complexity index is 913. The third kappa shape index (κ3) is 3.90. The summed E-state index contributed by atoms with van der Waals surface area (Å²) in [6.07, 6.45) is 3.23. The molecule has 0 saturated carbocycles. The molecular formula is C19H23N7O. The number of carbonyl (C=O) groups is 1. The van der Waals surface area contributed by atoms with Crippen LogP contribution >= 0.6 is 0 Å². The van der Waals surface area contributed by atoms with Crippen LogP contribution in [0.1, 0.15) is 24.0 Å². The summed E-state index contributed by atoms with van der Waals surface area (Å²) in [7, 11) is 0. The van der Waals surface area contributed by atoms with E-state index in [1.165, 1.54) is 0 Å². The third-order valence-electron chi connectivity index (χ3n) is 5.06. The largest absolute Gasteiger partial charge is 0.355 e. The van der Waals surface area contributed by atoms with Gasteiger partial charge in [0.25, 0.3) is 0 Å². The van der Waals surface area contributed by atoms with E-state index in [2.05, 4.69) is 25.5 Å². The number of nitrogens with two attached hydrogens (primary N) is 1. The van der Waals surface area contributed by atoms with E-state index in [4.69, 9.17) is 5.73 Å². The van der Waals surface area contributed by atoms with Gasteiger partial charge in [0.05, 0.1) is 0 Å². The topological polar surface area (TPSA) is 101 Å². The SMILES string of the molecule is NCc1ccc(CNC(=O)C2CCN(c3ccc4nncn4n3)CC2)cc1. The van der Waals surface area contributed by atoms with Gasteiger partial charge in [-0.05, 0) is 36.1 Å². The van der Waals surface area contributed by atoms with Gasteiger partial charge in [0, 0.05) is 32.1 Å². The Hall–Kier alpha value is -3.00. The highest BCUT2D eigenvalue weighted by Gasteiger charge is 2.25. The summed E-state index contributed by atoms with van der Waals surface area (Å²) >= 11 is 0. The van der Waals surface area contributed by atoms with E-state index in [0.717, 1.165) is 48.5 Å². The molecule has 0 bridgehead atoms. The van der Waals surface area contributed by atoms with Crippen molar-refractivity contribution in [2.24, 2.45) is 11.7 Å². The molecular weight excluding hydrogens is 342 g/mol. The number of nitrogens with one attached hydrogen (secondary N) is 1. The molecule has 2 aromatic heterocycles. The van der Waals surface area contributed by atoms with Crippen LogP contribution < -0.4 is 16.0 Å². The molecule has 3 aromatic rings. The summed E-state index contributed by atoms with van der Waals surface area (Å²) in [4.78, 5) is 14.7. The van der Waals surface area contributed by atoms with Crippen LogP contribution in [0.5, 0.6) is 0 Å². The van der Waals surface area contributed by atoms with Gasteiger partial charge >= 0.3 is 0 Å². The van der Waals surface area contributed by atoms with Crippen molar-refractivity contribution in [3.05, 3.63) is 53.9 Å². The lowest BCUT2D eigenvalue weighted by molar-refractivity contribution is -0.125. The number of carbonyl (C=O) groups excluding carboxylic acids is 1. The van der Waals surface area contributed by atoms with Crippen molar-refractivity contribution in [1.82, 2.24) is 25.1 Å². The molecule has 1 aliphatic rings. The van der Waals surface area contributed by atoms with E-state index in [9.17, 15) is 4.79 Å². The average molecular weight is 365 g/mol. The number of piperidine rings is 1. The average Bonchev–Trinajstić information content (AvgIpc) is 3.20. The van der Waals surface area contributed by atoms with Gasteiger partial charge in [0.1, 0.15) is 12.1 Å². The fourth-order valence-electron chi connectivity index (χ4n) is 3.38. The standard InChI is InChI=1S/C19H23N7O/c20-11-14-1-3-15(4-2-14)12-21-19(27)16-7-9-25(10-8-16)18-6-5-17-23-22-13-26(17)24-18/h1-6,13,16H,7-12,20H2,(H,21,27). The monoisotopic (exact) mass is 365 g/mol. The molecule has 27 heavy (non-hydrogen) atoms. The van der Waals surface area contributed by atoms with E-state index in [0.29, 0.717) is 13.1 Å². The van der Waals surface area contributed by atoms with Crippen LogP contribution in [0.2, 0.25) is 0 Å². The Balaban J connectivity index is 1.29. The highest BCUT2D eigenvalue weighted by Crippen LogP contribution is 2.22. The summed E-state index contributed by atoms with van der Waals surface area (Å²) in [5.74, 6) is 1.06. The number of benzene rings is 1. The number of aromatic nitrogens is 4. The summed E-state index contributed by atoms with van der Waals surface area (Å²) in [5.41, 5.74) is 8.52. The Morgan fingerprint density at radius 3 is 2.59 bits per heavy atom. The van der Waals surface area contributed by atoms with Crippen LogP contribution in [-0.2, 0) is 17.9 Å². The molecule has 1 amide bonds. The zero-order valence-corrected chi connectivity index (χ0v) is 15.1. The quantitative estimate of drug-likeness (QED) is 0.702. The molecule has 8 nitrogen and oxygen atoms in total. The van der Waals surface area contributed by atoms with Gasteiger partial charge in [-0.2, -0.15) is 4.52 Å². The second-order valence-electron chi connectivity index (χ2n) is 6.82. The van der Waals surface area contributed by atoms with Gasteiger partial charge in [-0.15, -0.1) is 15.3 Å². The predicted molar refractivity (Wildman–Crippen MR) is 102 cm³/mol. The lowest BCUT2D eigenvalue weighted by Crippen LogP contribution is -2.40. The van der Waals surface area contributed by atoms with Gasteiger partial charge < -0.3 is 16.0 Å². The van der Waals surface area contributed by atoms with Crippen LogP contribution in [0.15, 0.2) is 42.7 Å². The first kappa shape index (κ1) is 17.4. The fourth-order valence-corrected chi connectivity index (χ4v) is 3.38. The molecule has 3 N–H and O–H groups in total. The molecule has 0 radical (unpaired) electrons. The van der Waals surface area contributed by atoms with Crippen LogP contribution in [0.25, 0.3) is 5.65 Å². The molecule has 0 spiro atoms. The second-order valence-corrected chi connectivity index (χ2v) is 6.82. The Morgan fingerprint density at radius 1 is 1.11 bits per heavy atom. The molecule has 140 valence electrons. The van der Waals surface area contributed by atoms with Crippen molar-refractivity contribution < 1.29 is 4.79 Å². The number of anilines is 1. The van der Waals surface area contributed by atoms with E-state index in [1.54, 1.807) is 10.8 Å². The van der Waals surface area contributed by atoms with E-state index < -0.39 is 0 Å². The molecule has 0 aliphatic carbocycles. The molecule has 3 heterocycles. The first-order chi connectivity index (χ1) is 13.2. The van der Waals surface area contributed by atoms with Crippen molar-refractivity contribution in [2.45, 2.75) is 25.9 Å². The van der Waals surface area contributed by atoms with E-state index >= 15 is 0 Å². The minimum atomic E-state index is 0.0446. The number of nitrogens with zero attached hydrogens (tertiary/aromatic N) is 5. The highest BCUT2D eigenvalue weighted by molar-refractivity contribution is 5.79. The van der Waals surface area contributed by atoms with Gasteiger partial charge in [-0.1, -0.05) is 24.3 Å². The molecule has 1 fully saturated rings. The summed E-state index contributed by atoms with van der Waals surface area (Å²) in [6, 6.07) is 11.9. The molecule has 1 aromatic carbocycles. The summed E-state index contributed by atoms with van der Waals surface area (Å²) in [5, 5.41) is 15.4. The zero-order valence-electron chi connectivity index (χ0n) is 15.1. The number of hydrogen-bond acceptors (Lipinski definition) is 6. The van der Waals surface area contributed by atoms with Crippen LogP contribution in [0, 0.1) is 5.92 Å². The lowest BCUT2D eigenvalue weighted by Gasteiger charge is -2.32. The molecule has 0 unspecified atom stereocenters. The maximum Gasteiger partial charge on any atom is 0.223 e. The normalized spacial score (nSPS) is 15.2. The van der Waals surface area contributed by atoms with Crippen molar-refractivity contribution in [1.29, 1.82) is 0 Å². The minimum Gasteiger partial charge on any atom is -0.355 e. The Kier molecular flexibility index (Phi) is 4.97. The van der Waals surface area contributed by atoms with Gasteiger partial charge in [0.2, 0.25) is 5.91 Å². The lowest BCUT2D eigenvalue weighted by atomic mass is 9.96. The van der Waals surface area contributed by atoms with Crippen molar-refractivity contribution >= 4 is 17.4 Å². The number of hydrogen-bond donors (Lipinski definition) is 2. The van der Waals surface area contributed by atoms with Gasteiger partial charge in [-0.25, -0.2) is 0 Å². The Morgan fingerprint density at radius 2 is 1.85 bits per heavy atom. The van der Waals surface area contributed by atoms with Crippen molar-refractivity contribution in [3.8, 4) is 0 Å². The summed E-state index contributed by atoms with van der Waals surface area (Å²) < 4.78 is 1.67. The van der Waals surface area contributed by atoms with E-state index in [1.807, 2.05) is 36.4 Å².